The quantitative estimate of drug-likeness (QED) is 0.273. The Kier molecular flexibility index (Phi) is 7.11. The topological polar surface area (TPSA) is 9.23 Å². The molecule has 178 valence electrons. The second-order valence-corrected chi connectivity index (χ2v) is 8.89. The van der Waals surface area contributed by atoms with E-state index < -0.39 is 18.0 Å². The minimum atomic E-state index is -4.77. The van der Waals surface area contributed by atoms with Crippen molar-refractivity contribution in [2.75, 3.05) is 0 Å². The second-order valence-electron chi connectivity index (χ2n) is 8.89. The van der Waals surface area contributed by atoms with E-state index in [2.05, 4.69) is 23.5 Å². The summed E-state index contributed by atoms with van der Waals surface area (Å²) in [5.41, 5.74) is 0.907. The molecule has 3 aromatic rings. The minimum absolute atomic E-state index is 0.172. The van der Waals surface area contributed by atoms with Crippen molar-refractivity contribution in [1.82, 2.24) is 0 Å². The fourth-order valence-corrected chi connectivity index (χ4v) is 4.77. The molecule has 3 aromatic carbocycles. The number of rotatable bonds is 4. The molecule has 0 spiro atoms. The maximum Gasteiger partial charge on any atom is 0.573 e. The molecule has 0 bridgehead atoms. The molecule has 0 saturated heterocycles. The van der Waals surface area contributed by atoms with Gasteiger partial charge in [-0.1, -0.05) is 43.7 Å². The van der Waals surface area contributed by atoms with Crippen molar-refractivity contribution in [3.63, 3.8) is 0 Å². The highest BCUT2D eigenvalue weighted by Gasteiger charge is 2.31. The Labute approximate surface area is 195 Å². The van der Waals surface area contributed by atoms with E-state index in [1.165, 1.54) is 36.8 Å². The molecule has 1 aliphatic rings. The van der Waals surface area contributed by atoms with E-state index in [4.69, 9.17) is 0 Å². The molecule has 1 aliphatic carbocycles. The zero-order valence-electron chi connectivity index (χ0n) is 18.8. The first-order valence-electron chi connectivity index (χ1n) is 11.5. The standard InChI is InChI=1S/C28H25F5O/c1-2-3-18-4-8-20(9-5-18)23-16-26(29)25(27(30)17-23)13-7-19-6-10-22-15-24(34-28(31,32)33)12-11-21(22)14-19/h6,10-12,14-18,20H,2-5,8-9H2,1H3. The van der Waals surface area contributed by atoms with Gasteiger partial charge in [-0.05, 0) is 90.3 Å². The molecule has 4 rings (SSSR count). The smallest absolute Gasteiger partial charge is 0.406 e. The van der Waals surface area contributed by atoms with Gasteiger partial charge in [-0.2, -0.15) is 0 Å². The van der Waals surface area contributed by atoms with E-state index in [0.717, 1.165) is 32.1 Å². The van der Waals surface area contributed by atoms with Crippen molar-refractivity contribution in [2.45, 2.75) is 57.7 Å². The molecule has 0 amide bonds. The fourth-order valence-electron chi connectivity index (χ4n) is 4.77. The Hall–Kier alpha value is -3.07. The van der Waals surface area contributed by atoms with Crippen LogP contribution >= 0.6 is 0 Å². The molecule has 1 fully saturated rings. The zero-order chi connectivity index (χ0) is 24.3. The van der Waals surface area contributed by atoms with Gasteiger partial charge in [0.15, 0.2) is 0 Å². The van der Waals surface area contributed by atoms with E-state index in [1.807, 2.05) is 0 Å². The molecule has 0 atom stereocenters. The highest BCUT2D eigenvalue weighted by Crippen LogP contribution is 2.38. The summed E-state index contributed by atoms with van der Waals surface area (Å²) in [6.07, 6.45) is 1.68. The minimum Gasteiger partial charge on any atom is -0.406 e. The Morgan fingerprint density at radius 2 is 1.50 bits per heavy atom. The van der Waals surface area contributed by atoms with Crippen LogP contribution in [0.5, 0.6) is 5.75 Å². The molecular formula is C28H25F5O. The monoisotopic (exact) mass is 472 g/mol. The fraction of sp³-hybridized carbons (Fsp3) is 0.357. The Balaban J connectivity index is 1.51. The molecule has 0 aliphatic heterocycles. The van der Waals surface area contributed by atoms with E-state index in [0.29, 0.717) is 27.8 Å². The Bertz CT molecular complexity index is 1200. The van der Waals surface area contributed by atoms with Crippen LogP contribution in [0.3, 0.4) is 0 Å². The molecule has 0 radical (unpaired) electrons. The van der Waals surface area contributed by atoms with Gasteiger partial charge in [-0.3, -0.25) is 0 Å². The molecule has 1 saturated carbocycles. The molecule has 6 heteroatoms. The van der Waals surface area contributed by atoms with Gasteiger partial charge in [-0.15, -0.1) is 13.2 Å². The summed E-state index contributed by atoms with van der Waals surface area (Å²) < 4.78 is 70.6. The van der Waals surface area contributed by atoms with Crippen LogP contribution in [0.4, 0.5) is 22.0 Å². The highest BCUT2D eigenvalue weighted by atomic mass is 19.4. The Morgan fingerprint density at radius 1 is 0.853 bits per heavy atom. The van der Waals surface area contributed by atoms with Crippen LogP contribution in [0.1, 0.15) is 68.1 Å². The first kappa shape index (κ1) is 24.1. The average Bonchev–Trinajstić information content (AvgIpc) is 2.78. The maximum atomic E-state index is 14.8. The summed E-state index contributed by atoms with van der Waals surface area (Å²) in [7, 11) is 0. The maximum absolute atomic E-state index is 14.8. The van der Waals surface area contributed by atoms with Crippen LogP contribution in [0, 0.1) is 29.4 Å². The lowest BCUT2D eigenvalue weighted by molar-refractivity contribution is -0.274. The molecule has 0 heterocycles. The number of benzene rings is 3. The van der Waals surface area contributed by atoms with E-state index >= 15 is 0 Å². The summed E-state index contributed by atoms with van der Waals surface area (Å²) in [5.74, 6) is 4.57. The van der Waals surface area contributed by atoms with Crippen LogP contribution in [-0.4, -0.2) is 6.36 Å². The van der Waals surface area contributed by atoms with Gasteiger partial charge in [-0.25, -0.2) is 8.78 Å². The summed E-state index contributed by atoms with van der Waals surface area (Å²) >= 11 is 0. The van der Waals surface area contributed by atoms with Gasteiger partial charge in [0.2, 0.25) is 0 Å². The third-order valence-electron chi connectivity index (χ3n) is 6.46. The van der Waals surface area contributed by atoms with Crippen LogP contribution in [0.15, 0.2) is 48.5 Å². The number of fused-ring (bicyclic) bond motifs is 1. The largest absolute Gasteiger partial charge is 0.573 e. The lowest BCUT2D eigenvalue weighted by atomic mass is 9.77. The summed E-state index contributed by atoms with van der Waals surface area (Å²) in [5, 5.41) is 1.17. The third kappa shape index (κ3) is 5.88. The molecule has 0 aromatic heterocycles. The first-order chi connectivity index (χ1) is 16.2. The number of hydrogen-bond donors (Lipinski definition) is 0. The molecular weight excluding hydrogens is 447 g/mol. The number of alkyl halides is 3. The predicted molar refractivity (Wildman–Crippen MR) is 123 cm³/mol. The van der Waals surface area contributed by atoms with Gasteiger partial charge in [0.1, 0.15) is 17.4 Å². The predicted octanol–water partition coefficient (Wildman–Crippen LogP) is 8.49. The number of hydrogen-bond acceptors (Lipinski definition) is 1. The van der Waals surface area contributed by atoms with Gasteiger partial charge in [0, 0.05) is 5.56 Å². The third-order valence-corrected chi connectivity index (χ3v) is 6.46. The van der Waals surface area contributed by atoms with Crippen molar-refractivity contribution >= 4 is 10.8 Å². The van der Waals surface area contributed by atoms with E-state index in [-0.39, 0.29) is 17.2 Å². The summed E-state index contributed by atoms with van der Waals surface area (Å²) in [6, 6.07) is 11.6. The van der Waals surface area contributed by atoms with Crippen molar-refractivity contribution < 1.29 is 26.7 Å². The van der Waals surface area contributed by atoms with Gasteiger partial charge in [0.05, 0.1) is 5.56 Å². The highest BCUT2D eigenvalue weighted by molar-refractivity contribution is 5.85. The molecule has 1 nitrogen and oxygen atoms in total. The van der Waals surface area contributed by atoms with Gasteiger partial charge in [0.25, 0.3) is 0 Å². The van der Waals surface area contributed by atoms with Crippen molar-refractivity contribution in [3.05, 3.63) is 76.9 Å². The van der Waals surface area contributed by atoms with Gasteiger partial charge < -0.3 is 4.74 Å². The SMILES string of the molecule is CCCC1CCC(c2cc(F)c(C#Cc3ccc4cc(OC(F)(F)F)ccc4c3)c(F)c2)CC1. The van der Waals surface area contributed by atoms with Crippen molar-refractivity contribution in [3.8, 4) is 17.6 Å². The van der Waals surface area contributed by atoms with Crippen LogP contribution in [-0.2, 0) is 0 Å². The molecule has 34 heavy (non-hydrogen) atoms. The molecule has 0 N–H and O–H groups in total. The summed E-state index contributed by atoms with van der Waals surface area (Å²) in [4.78, 5) is 0. The van der Waals surface area contributed by atoms with Crippen molar-refractivity contribution in [1.29, 1.82) is 0 Å². The molecule has 0 unspecified atom stereocenters. The first-order valence-corrected chi connectivity index (χ1v) is 11.5. The lowest BCUT2D eigenvalue weighted by Gasteiger charge is -2.28. The normalized spacial score (nSPS) is 18.4. The Morgan fingerprint density at radius 3 is 2.15 bits per heavy atom. The number of halogens is 5. The van der Waals surface area contributed by atoms with Gasteiger partial charge >= 0.3 is 6.36 Å². The van der Waals surface area contributed by atoms with Crippen LogP contribution in [0.2, 0.25) is 0 Å². The van der Waals surface area contributed by atoms with E-state index in [1.54, 1.807) is 18.2 Å². The van der Waals surface area contributed by atoms with Crippen LogP contribution in [0.25, 0.3) is 10.8 Å². The lowest BCUT2D eigenvalue weighted by Crippen LogP contribution is -2.16. The average molecular weight is 472 g/mol. The van der Waals surface area contributed by atoms with E-state index in [9.17, 15) is 22.0 Å². The second kappa shape index (κ2) is 10.0. The number of ether oxygens (including phenoxy) is 1. The van der Waals surface area contributed by atoms with Crippen LogP contribution < -0.4 is 4.74 Å². The zero-order valence-corrected chi connectivity index (χ0v) is 18.8. The summed E-state index contributed by atoms with van der Waals surface area (Å²) in [6.45, 7) is 2.18. The van der Waals surface area contributed by atoms with Crippen molar-refractivity contribution in [2.24, 2.45) is 5.92 Å².